The van der Waals surface area contributed by atoms with Gasteiger partial charge < -0.3 is 5.32 Å². The van der Waals surface area contributed by atoms with Gasteiger partial charge in [-0.3, -0.25) is 19.8 Å². The Hall–Kier alpha value is -3.36. The fourth-order valence-electron chi connectivity index (χ4n) is 2.91. The van der Waals surface area contributed by atoms with Crippen LogP contribution in [0.4, 0.5) is 19.3 Å². The number of rotatable bonds is 4. The van der Waals surface area contributed by atoms with Crippen molar-refractivity contribution in [2.75, 3.05) is 0 Å². The van der Waals surface area contributed by atoms with Crippen molar-refractivity contribution in [2.24, 2.45) is 0 Å². The molecule has 3 amide bonds. The summed E-state index contributed by atoms with van der Waals surface area (Å²) < 4.78 is 27.3. The van der Waals surface area contributed by atoms with E-state index in [-0.39, 0.29) is 23.4 Å². The van der Waals surface area contributed by atoms with Crippen molar-refractivity contribution in [2.45, 2.75) is 19.0 Å². The number of imide groups is 1. The summed E-state index contributed by atoms with van der Waals surface area (Å²) in [5, 5.41) is 13.5. The van der Waals surface area contributed by atoms with Gasteiger partial charge in [-0.25, -0.2) is 13.6 Å². The summed E-state index contributed by atoms with van der Waals surface area (Å²) >= 11 is 0. The van der Waals surface area contributed by atoms with Crippen molar-refractivity contribution in [1.82, 2.24) is 10.2 Å². The topological polar surface area (TPSA) is 92.6 Å². The second-order valence-electron chi connectivity index (χ2n) is 5.96. The molecular formula is C17H13F2N3O4. The Morgan fingerprint density at radius 2 is 1.88 bits per heavy atom. The molecule has 3 rings (SSSR count). The minimum Gasteiger partial charge on any atom is -0.319 e. The van der Waals surface area contributed by atoms with Crippen LogP contribution in [-0.2, 0) is 16.9 Å². The molecule has 1 atom stereocenters. The molecule has 2 aromatic carbocycles. The number of carbonyl (C=O) groups excluding carboxylic acids is 2. The number of hydrogen-bond donors (Lipinski definition) is 1. The predicted octanol–water partition coefficient (Wildman–Crippen LogP) is 2.84. The lowest BCUT2D eigenvalue weighted by Crippen LogP contribution is -2.41. The Kier molecular flexibility index (Phi) is 4.15. The third kappa shape index (κ3) is 2.77. The number of carbonyl (C=O) groups is 2. The average molecular weight is 361 g/mol. The lowest BCUT2D eigenvalue weighted by Gasteiger charge is -2.22. The molecule has 1 heterocycles. The Balaban J connectivity index is 1.96. The van der Waals surface area contributed by atoms with Crippen LogP contribution in [0.1, 0.15) is 18.1 Å². The molecule has 1 fully saturated rings. The zero-order valence-electron chi connectivity index (χ0n) is 13.5. The molecule has 0 radical (unpaired) electrons. The normalized spacial score (nSPS) is 19.6. The lowest BCUT2D eigenvalue weighted by molar-refractivity contribution is -0.385. The summed E-state index contributed by atoms with van der Waals surface area (Å²) in [6.45, 7) is 0.948. The van der Waals surface area contributed by atoms with E-state index in [0.717, 1.165) is 17.0 Å². The number of nitro benzene ring substituents is 1. The van der Waals surface area contributed by atoms with Gasteiger partial charge in [-0.2, -0.15) is 0 Å². The van der Waals surface area contributed by atoms with Gasteiger partial charge >= 0.3 is 6.03 Å². The van der Waals surface area contributed by atoms with Crippen molar-refractivity contribution in [3.8, 4) is 0 Å². The minimum absolute atomic E-state index is 0.157. The second-order valence-corrected chi connectivity index (χ2v) is 5.96. The number of amides is 3. The van der Waals surface area contributed by atoms with Crippen LogP contribution in [0.5, 0.6) is 0 Å². The van der Waals surface area contributed by atoms with Gasteiger partial charge in [0.05, 0.1) is 11.5 Å². The van der Waals surface area contributed by atoms with Crippen LogP contribution in [0.15, 0.2) is 42.5 Å². The highest BCUT2D eigenvalue weighted by molar-refractivity contribution is 6.07. The minimum atomic E-state index is -1.74. The van der Waals surface area contributed by atoms with Crippen LogP contribution in [0.25, 0.3) is 0 Å². The molecular weight excluding hydrogens is 348 g/mol. The number of benzene rings is 2. The Labute approximate surface area is 146 Å². The number of hydrogen-bond acceptors (Lipinski definition) is 4. The van der Waals surface area contributed by atoms with Gasteiger partial charge in [0.1, 0.15) is 17.2 Å². The first-order chi connectivity index (χ1) is 12.2. The smallest absolute Gasteiger partial charge is 0.319 e. The highest BCUT2D eigenvalue weighted by Crippen LogP contribution is 2.32. The summed E-state index contributed by atoms with van der Waals surface area (Å²) in [5.74, 6) is -2.58. The van der Waals surface area contributed by atoms with E-state index in [4.69, 9.17) is 0 Å². The maximum Gasteiger partial charge on any atom is 0.325 e. The number of urea groups is 1. The maximum atomic E-state index is 14.1. The molecule has 1 aliphatic heterocycles. The molecule has 1 aliphatic rings. The molecule has 134 valence electrons. The number of halogens is 2. The highest BCUT2D eigenvalue weighted by atomic mass is 19.1. The molecule has 9 heteroatoms. The van der Waals surface area contributed by atoms with Gasteiger partial charge in [-0.15, -0.1) is 0 Å². The molecule has 2 aromatic rings. The van der Waals surface area contributed by atoms with E-state index in [1.807, 2.05) is 0 Å². The van der Waals surface area contributed by atoms with E-state index >= 15 is 0 Å². The van der Waals surface area contributed by atoms with Gasteiger partial charge in [0, 0.05) is 23.3 Å². The Morgan fingerprint density at radius 1 is 1.19 bits per heavy atom. The standard InChI is InChI=1S/C17H13F2N3O4/c1-17(12-7-6-11(18)8-13(12)19)15(23)21(16(24)20-17)9-10-4-2-3-5-14(10)22(25)26/h2-8H,9H2,1H3,(H,20,24). The van der Waals surface area contributed by atoms with Crippen molar-refractivity contribution < 1.29 is 23.3 Å². The van der Waals surface area contributed by atoms with E-state index < -0.39 is 34.0 Å². The number of nitrogens with one attached hydrogen (secondary N) is 1. The lowest BCUT2D eigenvalue weighted by atomic mass is 9.91. The highest BCUT2D eigenvalue weighted by Gasteiger charge is 2.50. The summed E-state index contributed by atoms with van der Waals surface area (Å²) in [5.41, 5.74) is -2.01. The molecule has 1 N–H and O–H groups in total. The number of nitro groups is 1. The Bertz CT molecular complexity index is 934. The van der Waals surface area contributed by atoms with Crippen molar-refractivity contribution >= 4 is 17.6 Å². The first-order valence-electron chi connectivity index (χ1n) is 7.56. The average Bonchev–Trinajstić information content (AvgIpc) is 2.79. The fraction of sp³-hybridized carbons (Fsp3) is 0.176. The van der Waals surface area contributed by atoms with Gasteiger partial charge in [0.15, 0.2) is 0 Å². The molecule has 0 aromatic heterocycles. The third-order valence-electron chi connectivity index (χ3n) is 4.26. The zero-order chi connectivity index (χ0) is 19.1. The largest absolute Gasteiger partial charge is 0.325 e. The molecule has 1 unspecified atom stereocenters. The summed E-state index contributed by atoms with van der Waals surface area (Å²) in [7, 11) is 0. The third-order valence-corrected chi connectivity index (χ3v) is 4.26. The molecule has 0 aliphatic carbocycles. The van der Waals surface area contributed by atoms with E-state index in [0.29, 0.717) is 6.07 Å². The quantitative estimate of drug-likeness (QED) is 0.515. The van der Waals surface area contributed by atoms with E-state index in [1.165, 1.54) is 25.1 Å². The van der Waals surface area contributed by atoms with Crippen LogP contribution in [0, 0.1) is 21.7 Å². The molecule has 0 spiro atoms. The molecule has 7 nitrogen and oxygen atoms in total. The maximum absolute atomic E-state index is 14.1. The van der Waals surface area contributed by atoms with Gasteiger partial charge in [0.25, 0.3) is 11.6 Å². The SMILES string of the molecule is CC1(c2ccc(F)cc2F)NC(=O)N(Cc2ccccc2[N+](=O)[O-])C1=O. The first-order valence-corrected chi connectivity index (χ1v) is 7.56. The van der Waals surface area contributed by atoms with Crippen molar-refractivity contribution in [3.05, 3.63) is 75.3 Å². The van der Waals surface area contributed by atoms with Crippen LogP contribution < -0.4 is 5.32 Å². The van der Waals surface area contributed by atoms with Crippen molar-refractivity contribution in [1.29, 1.82) is 0 Å². The second kappa shape index (κ2) is 6.17. The van der Waals surface area contributed by atoms with Crippen LogP contribution in [-0.4, -0.2) is 21.8 Å². The van der Waals surface area contributed by atoms with Gasteiger partial charge in [0.2, 0.25) is 0 Å². The monoisotopic (exact) mass is 361 g/mol. The van der Waals surface area contributed by atoms with Gasteiger partial charge in [-0.05, 0) is 13.0 Å². The van der Waals surface area contributed by atoms with Gasteiger partial charge in [-0.1, -0.05) is 24.3 Å². The first kappa shape index (κ1) is 17.5. The van der Waals surface area contributed by atoms with E-state index in [1.54, 1.807) is 6.07 Å². The summed E-state index contributed by atoms with van der Waals surface area (Å²) in [6, 6.07) is 7.54. The Morgan fingerprint density at radius 3 is 2.54 bits per heavy atom. The molecule has 26 heavy (non-hydrogen) atoms. The summed E-state index contributed by atoms with van der Waals surface area (Å²) in [6.07, 6.45) is 0. The van der Waals surface area contributed by atoms with Crippen molar-refractivity contribution in [3.63, 3.8) is 0 Å². The molecule has 1 saturated heterocycles. The van der Waals surface area contributed by atoms with Crippen LogP contribution >= 0.6 is 0 Å². The number of para-hydroxylation sites is 1. The van der Waals surface area contributed by atoms with Crippen LogP contribution in [0.3, 0.4) is 0 Å². The fourth-order valence-corrected chi connectivity index (χ4v) is 2.91. The zero-order valence-corrected chi connectivity index (χ0v) is 13.5. The number of nitrogens with zero attached hydrogens (tertiary/aromatic N) is 2. The van der Waals surface area contributed by atoms with Crippen LogP contribution in [0.2, 0.25) is 0 Å². The summed E-state index contributed by atoms with van der Waals surface area (Å²) in [4.78, 5) is 36.3. The van der Waals surface area contributed by atoms with E-state index in [2.05, 4.69) is 5.32 Å². The molecule has 0 saturated carbocycles. The molecule has 0 bridgehead atoms. The van der Waals surface area contributed by atoms with E-state index in [9.17, 15) is 28.5 Å². The predicted molar refractivity (Wildman–Crippen MR) is 85.9 cm³/mol.